The zero-order chi connectivity index (χ0) is 21.5. The van der Waals surface area contributed by atoms with E-state index in [1.807, 2.05) is 18.2 Å². The average Bonchev–Trinajstić information content (AvgIpc) is 2.73. The molecule has 30 heavy (non-hydrogen) atoms. The number of carboxylic acid groups (broad SMARTS) is 1. The zero-order valence-electron chi connectivity index (χ0n) is 16.1. The Bertz CT molecular complexity index is 1070. The molecule has 0 amide bonds. The van der Waals surface area contributed by atoms with Crippen molar-refractivity contribution < 1.29 is 19.4 Å². The molecule has 0 spiro atoms. The molecular weight excluding hydrogens is 425 g/mol. The molecule has 3 aromatic rings. The predicted molar refractivity (Wildman–Crippen MR) is 118 cm³/mol. The summed E-state index contributed by atoms with van der Waals surface area (Å²) in [5.41, 5.74) is 2.82. The molecule has 3 rings (SSSR count). The van der Waals surface area contributed by atoms with Crippen LogP contribution in [0.1, 0.15) is 27.0 Å². The molecule has 154 valence electrons. The second kappa shape index (κ2) is 10.1. The van der Waals surface area contributed by atoms with Crippen LogP contribution in [0.2, 0.25) is 10.0 Å². The van der Waals surface area contributed by atoms with Crippen molar-refractivity contribution in [2.45, 2.75) is 13.2 Å². The van der Waals surface area contributed by atoms with Crippen LogP contribution >= 0.6 is 23.2 Å². The second-order valence-electron chi connectivity index (χ2n) is 6.42. The van der Waals surface area contributed by atoms with E-state index in [-0.39, 0.29) is 5.56 Å². The molecule has 0 saturated carbocycles. The highest BCUT2D eigenvalue weighted by Gasteiger charge is 2.12. The van der Waals surface area contributed by atoms with Gasteiger partial charge in [-0.3, -0.25) is 4.99 Å². The highest BCUT2D eigenvalue weighted by atomic mass is 35.5. The van der Waals surface area contributed by atoms with Crippen LogP contribution in [-0.4, -0.2) is 24.4 Å². The standard InChI is InChI=1S/C23H19Cl2NO4/c1-29-21-11-17(13-26-12-15-5-7-18(8-6-15)23(27)28)10-20(25)22(21)30-14-16-3-2-4-19(24)9-16/h2-11,13H,12,14H2,1H3,(H,27,28). The number of carbonyl (C=O) groups is 1. The summed E-state index contributed by atoms with van der Waals surface area (Å²) in [6.07, 6.45) is 1.68. The van der Waals surface area contributed by atoms with E-state index in [0.29, 0.717) is 34.7 Å². The van der Waals surface area contributed by atoms with E-state index in [1.54, 1.807) is 55.8 Å². The van der Waals surface area contributed by atoms with Crippen LogP contribution in [0, 0.1) is 0 Å². The first-order valence-corrected chi connectivity index (χ1v) is 9.78. The Labute approximate surface area is 184 Å². The highest BCUT2D eigenvalue weighted by molar-refractivity contribution is 6.32. The molecule has 0 radical (unpaired) electrons. The van der Waals surface area contributed by atoms with Crippen molar-refractivity contribution in [2.75, 3.05) is 7.11 Å². The number of rotatable bonds is 8. The summed E-state index contributed by atoms with van der Waals surface area (Å²) < 4.78 is 11.3. The van der Waals surface area contributed by atoms with Crippen LogP contribution in [0.5, 0.6) is 11.5 Å². The minimum absolute atomic E-state index is 0.243. The van der Waals surface area contributed by atoms with Crippen LogP contribution in [0.25, 0.3) is 0 Å². The number of hydrogen-bond donors (Lipinski definition) is 1. The van der Waals surface area contributed by atoms with Gasteiger partial charge in [0, 0.05) is 11.2 Å². The first kappa shape index (κ1) is 21.7. The molecule has 0 aliphatic carbocycles. The summed E-state index contributed by atoms with van der Waals surface area (Å²) in [6.45, 7) is 0.712. The Hall–Kier alpha value is -3.02. The molecule has 0 unspecified atom stereocenters. The van der Waals surface area contributed by atoms with E-state index in [4.69, 9.17) is 37.8 Å². The molecule has 3 aromatic carbocycles. The lowest BCUT2D eigenvalue weighted by molar-refractivity contribution is 0.0697. The summed E-state index contributed by atoms with van der Waals surface area (Å²) in [5, 5.41) is 9.99. The van der Waals surface area contributed by atoms with Gasteiger partial charge in [-0.05, 0) is 53.1 Å². The van der Waals surface area contributed by atoms with Crippen molar-refractivity contribution in [3.63, 3.8) is 0 Å². The highest BCUT2D eigenvalue weighted by Crippen LogP contribution is 2.36. The maximum Gasteiger partial charge on any atom is 0.335 e. The Morgan fingerprint density at radius 2 is 1.83 bits per heavy atom. The van der Waals surface area contributed by atoms with Crippen LogP contribution in [0.15, 0.2) is 65.7 Å². The van der Waals surface area contributed by atoms with Crippen molar-refractivity contribution in [1.82, 2.24) is 0 Å². The zero-order valence-corrected chi connectivity index (χ0v) is 17.7. The molecule has 0 atom stereocenters. The number of methoxy groups -OCH3 is 1. The summed E-state index contributed by atoms with van der Waals surface area (Å²) in [4.78, 5) is 15.3. The number of halogens is 2. The van der Waals surface area contributed by atoms with Gasteiger partial charge in [0.1, 0.15) is 6.61 Å². The molecule has 0 fully saturated rings. The summed E-state index contributed by atoms with van der Waals surface area (Å²) in [7, 11) is 1.54. The summed E-state index contributed by atoms with van der Waals surface area (Å²) in [6, 6.07) is 17.5. The monoisotopic (exact) mass is 443 g/mol. The summed E-state index contributed by atoms with van der Waals surface area (Å²) >= 11 is 12.4. The largest absolute Gasteiger partial charge is 0.493 e. The van der Waals surface area contributed by atoms with Crippen molar-refractivity contribution in [2.24, 2.45) is 4.99 Å². The number of ether oxygens (including phenoxy) is 2. The van der Waals surface area contributed by atoms with E-state index in [2.05, 4.69) is 4.99 Å². The van der Waals surface area contributed by atoms with Crippen molar-refractivity contribution in [3.8, 4) is 11.5 Å². The average molecular weight is 444 g/mol. The lowest BCUT2D eigenvalue weighted by Gasteiger charge is -2.13. The molecule has 0 heterocycles. The van der Waals surface area contributed by atoms with Gasteiger partial charge in [-0.15, -0.1) is 0 Å². The van der Waals surface area contributed by atoms with Crippen LogP contribution in [-0.2, 0) is 13.2 Å². The Morgan fingerprint density at radius 3 is 2.50 bits per heavy atom. The van der Waals surface area contributed by atoms with Gasteiger partial charge in [0.15, 0.2) is 11.5 Å². The van der Waals surface area contributed by atoms with Gasteiger partial charge in [-0.2, -0.15) is 0 Å². The topological polar surface area (TPSA) is 68.1 Å². The quantitative estimate of drug-likeness (QED) is 0.440. The minimum Gasteiger partial charge on any atom is -0.493 e. The molecule has 0 aliphatic heterocycles. The van der Waals surface area contributed by atoms with Gasteiger partial charge in [-0.1, -0.05) is 47.5 Å². The van der Waals surface area contributed by atoms with Crippen molar-refractivity contribution >= 4 is 35.4 Å². The van der Waals surface area contributed by atoms with E-state index >= 15 is 0 Å². The van der Waals surface area contributed by atoms with Gasteiger partial charge in [0.25, 0.3) is 0 Å². The van der Waals surface area contributed by atoms with Crippen LogP contribution < -0.4 is 9.47 Å². The number of benzene rings is 3. The summed E-state index contributed by atoms with van der Waals surface area (Å²) in [5.74, 6) is -0.0122. The SMILES string of the molecule is COc1cc(C=NCc2ccc(C(=O)O)cc2)cc(Cl)c1OCc1cccc(Cl)c1. The fraction of sp³-hybridized carbons (Fsp3) is 0.130. The lowest BCUT2D eigenvalue weighted by Crippen LogP contribution is -1.99. The van der Waals surface area contributed by atoms with Gasteiger partial charge in [0.2, 0.25) is 0 Å². The number of nitrogens with zero attached hydrogens (tertiary/aromatic N) is 1. The molecule has 0 aliphatic rings. The van der Waals surface area contributed by atoms with Crippen LogP contribution in [0.3, 0.4) is 0 Å². The Morgan fingerprint density at radius 1 is 1.07 bits per heavy atom. The lowest BCUT2D eigenvalue weighted by atomic mass is 10.1. The maximum atomic E-state index is 10.9. The molecule has 0 aromatic heterocycles. The minimum atomic E-state index is -0.954. The first-order valence-electron chi connectivity index (χ1n) is 9.03. The fourth-order valence-corrected chi connectivity index (χ4v) is 3.23. The Balaban J connectivity index is 1.69. The van der Waals surface area contributed by atoms with Crippen molar-refractivity contribution in [1.29, 1.82) is 0 Å². The second-order valence-corrected chi connectivity index (χ2v) is 7.27. The first-order chi connectivity index (χ1) is 14.5. The third-order valence-electron chi connectivity index (χ3n) is 4.24. The number of aromatic carboxylic acids is 1. The maximum absolute atomic E-state index is 10.9. The fourth-order valence-electron chi connectivity index (χ4n) is 2.75. The molecule has 5 nitrogen and oxygen atoms in total. The third kappa shape index (κ3) is 5.75. The van der Waals surface area contributed by atoms with E-state index in [0.717, 1.165) is 16.7 Å². The number of aliphatic imine (C=N–C) groups is 1. The number of carboxylic acids is 1. The third-order valence-corrected chi connectivity index (χ3v) is 4.75. The molecule has 1 N–H and O–H groups in total. The normalized spacial score (nSPS) is 10.9. The van der Waals surface area contributed by atoms with Crippen molar-refractivity contribution in [3.05, 3.63) is 93.0 Å². The smallest absolute Gasteiger partial charge is 0.335 e. The van der Waals surface area contributed by atoms with Gasteiger partial charge < -0.3 is 14.6 Å². The molecule has 7 heteroatoms. The molecular formula is C23H19Cl2NO4. The molecule has 0 bridgehead atoms. The molecule has 0 saturated heterocycles. The van der Waals surface area contributed by atoms with Gasteiger partial charge in [0.05, 0.1) is 24.2 Å². The van der Waals surface area contributed by atoms with Gasteiger partial charge >= 0.3 is 5.97 Å². The van der Waals surface area contributed by atoms with Crippen LogP contribution in [0.4, 0.5) is 0 Å². The Kier molecular flexibility index (Phi) is 7.33. The van der Waals surface area contributed by atoms with E-state index in [9.17, 15) is 4.79 Å². The van der Waals surface area contributed by atoms with E-state index < -0.39 is 5.97 Å². The van der Waals surface area contributed by atoms with E-state index in [1.165, 1.54) is 0 Å². The number of hydrogen-bond acceptors (Lipinski definition) is 4. The van der Waals surface area contributed by atoms with Gasteiger partial charge in [-0.25, -0.2) is 4.79 Å². The predicted octanol–water partition coefficient (Wildman–Crippen LogP) is 5.90.